The number of carbonyl (C=O) groups excluding carboxylic acids is 1. The molecule has 0 aliphatic carbocycles. The summed E-state index contributed by atoms with van der Waals surface area (Å²) in [7, 11) is 2.16. The maximum absolute atomic E-state index is 11.8. The topological polar surface area (TPSA) is 96.6 Å². The Hall–Kier alpha value is -2.42. The molecule has 1 aliphatic heterocycles. The van der Waals surface area contributed by atoms with Gasteiger partial charge in [-0.15, -0.1) is 0 Å². The molecule has 2 heterocycles. The predicted octanol–water partition coefficient (Wildman–Crippen LogP) is 2.55. The fourth-order valence-corrected chi connectivity index (χ4v) is 3.54. The van der Waals surface area contributed by atoms with Crippen molar-refractivity contribution in [3.8, 4) is 5.75 Å². The molecule has 3 N–H and O–H groups in total. The second-order valence-corrected chi connectivity index (χ2v) is 7.73. The van der Waals surface area contributed by atoms with Gasteiger partial charge in [-0.1, -0.05) is 24.6 Å². The Balaban J connectivity index is 1.58. The minimum Gasteiger partial charge on any atom is -0.493 e. The molecule has 1 amide bonds. The molecule has 1 aromatic heterocycles. The molecule has 0 atom stereocenters. The zero-order chi connectivity index (χ0) is 21.5. The molecule has 0 bridgehead atoms. The molecule has 0 spiro atoms. The molecule has 8 nitrogen and oxygen atoms in total. The molecule has 1 saturated heterocycles. The number of aryl methyl sites for hydroxylation is 1. The summed E-state index contributed by atoms with van der Waals surface area (Å²) in [5.41, 5.74) is 6.78. The first kappa shape index (κ1) is 22.3. The molecule has 1 aliphatic rings. The largest absolute Gasteiger partial charge is 0.493 e. The molecule has 1 fully saturated rings. The summed E-state index contributed by atoms with van der Waals surface area (Å²) in [6, 6.07) is 7.47. The van der Waals surface area contributed by atoms with E-state index in [2.05, 4.69) is 32.1 Å². The predicted molar refractivity (Wildman–Crippen MR) is 119 cm³/mol. The van der Waals surface area contributed by atoms with Gasteiger partial charge in [0.1, 0.15) is 5.75 Å². The molecule has 1 aromatic carbocycles. The Morgan fingerprint density at radius 3 is 2.73 bits per heavy atom. The van der Waals surface area contributed by atoms with Crippen LogP contribution in [-0.4, -0.2) is 72.1 Å². The average Bonchev–Trinajstić information content (AvgIpc) is 2.73. The zero-order valence-corrected chi connectivity index (χ0v) is 18.3. The van der Waals surface area contributed by atoms with Gasteiger partial charge in [0.2, 0.25) is 0 Å². The van der Waals surface area contributed by atoms with Gasteiger partial charge >= 0.3 is 0 Å². The van der Waals surface area contributed by atoms with Crippen LogP contribution in [0.4, 0.5) is 11.5 Å². The molecule has 0 unspecified atom stereocenters. The number of hydrogen-bond donors (Lipinski definition) is 2. The molecule has 9 heteroatoms. The standard InChI is InChI=1S/C21H29ClN6O2/c1-3-17-19(22)26-21(18(25-17)20(23)29)24-15-6-4-7-16(14-15)30-13-5-8-28-11-9-27(2)10-12-28/h4,6-7,14H,3,5,8-13H2,1-2H3,(H2,23,29)(H,24,26). The van der Waals surface area contributed by atoms with Crippen LogP contribution in [0.15, 0.2) is 24.3 Å². The van der Waals surface area contributed by atoms with Gasteiger partial charge < -0.3 is 25.6 Å². The van der Waals surface area contributed by atoms with Gasteiger partial charge in [0.15, 0.2) is 16.7 Å². The molecule has 2 aromatic rings. The quantitative estimate of drug-likeness (QED) is 0.587. The number of carbonyl (C=O) groups is 1. The highest BCUT2D eigenvalue weighted by Gasteiger charge is 2.16. The molecule has 162 valence electrons. The Morgan fingerprint density at radius 1 is 1.27 bits per heavy atom. The number of amides is 1. The summed E-state index contributed by atoms with van der Waals surface area (Å²) in [4.78, 5) is 25.1. The summed E-state index contributed by atoms with van der Waals surface area (Å²) in [5, 5.41) is 3.33. The number of halogens is 1. The van der Waals surface area contributed by atoms with E-state index < -0.39 is 5.91 Å². The Morgan fingerprint density at radius 2 is 2.03 bits per heavy atom. The number of nitrogens with zero attached hydrogens (tertiary/aromatic N) is 4. The third kappa shape index (κ3) is 6.04. The smallest absolute Gasteiger partial charge is 0.271 e. The monoisotopic (exact) mass is 432 g/mol. The normalized spacial score (nSPS) is 15.2. The zero-order valence-electron chi connectivity index (χ0n) is 17.5. The second-order valence-electron chi connectivity index (χ2n) is 7.38. The van der Waals surface area contributed by atoms with E-state index in [4.69, 9.17) is 22.1 Å². The molecule has 3 rings (SSSR count). The Bertz CT molecular complexity index is 871. The lowest BCUT2D eigenvalue weighted by Crippen LogP contribution is -2.44. The number of piperazine rings is 1. The lowest BCUT2D eigenvalue weighted by atomic mass is 10.2. The van der Waals surface area contributed by atoms with E-state index in [0.29, 0.717) is 24.4 Å². The first-order valence-electron chi connectivity index (χ1n) is 10.2. The number of nitrogens with two attached hydrogens (primary N) is 1. The van der Waals surface area contributed by atoms with Crippen LogP contribution in [-0.2, 0) is 6.42 Å². The van der Waals surface area contributed by atoms with Gasteiger partial charge in [-0.05, 0) is 32.0 Å². The van der Waals surface area contributed by atoms with Crippen LogP contribution in [0.25, 0.3) is 0 Å². The van der Waals surface area contributed by atoms with Crippen LogP contribution in [0.5, 0.6) is 5.75 Å². The fourth-order valence-electron chi connectivity index (χ4n) is 3.28. The van der Waals surface area contributed by atoms with E-state index in [9.17, 15) is 4.79 Å². The minimum atomic E-state index is -0.660. The maximum Gasteiger partial charge on any atom is 0.271 e. The van der Waals surface area contributed by atoms with Gasteiger partial charge in [0, 0.05) is 44.5 Å². The summed E-state index contributed by atoms with van der Waals surface area (Å²) in [6.07, 6.45) is 1.52. The van der Waals surface area contributed by atoms with Crippen molar-refractivity contribution < 1.29 is 9.53 Å². The van der Waals surface area contributed by atoms with Crippen molar-refractivity contribution in [3.63, 3.8) is 0 Å². The van der Waals surface area contributed by atoms with Crippen molar-refractivity contribution in [3.05, 3.63) is 40.8 Å². The number of likely N-dealkylation sites (N-methyl/N-ethyl adjacent to an activating group) is 1. The highest BCUT2D eigenvalue weighted by Crippen LogP contribution is 2.24. The van der Waals surface area contributed by atoms with Crippen molar-refractivity contribution in [2.24, 2.45) is 5.73 Å². The van der Waals surface area contributed by atoms with Crippen LogP contribution in [0.1, 0.15) is 29.5 Å². The number of primary amides is 1. The molecule has 0 saturated carbocycles. The first-order valence-corrected chi connectivity index (χ1v) is 10.6. The van der Waals surface area contributed by atoms with Gasteiger partial charge in [-0.3, -0.25) is 4.79 Å². The number of ether oxygens (including phenoxy) is 1. The van der Waals surface area contributed by atoms with E-state index >= 15 is 0 Å². The van der Waals surface area contributed by atoms with Crippen LogP contribution in [0.2, 0.25) is 5.15 Å². The van der Waals surface area contributed by atoms with E-state index in [1.54, 1.807) is 0 Å². The minimum absolute atomic E-state index is 0.0646. The Labute approximate surface area is 182 Å². The highest BCUT2D eigenvalue weighted by atomic mass is 35.5. The third-order valence-corrected chi connectivity index (χ3v) is 5.37. The maximum atomic E-state index is 11.8. The van der Waals surface area contributed by atoms with E-state index in [-0.39, 0.29) is 16.7 Å². The van der Waals surface area contributed by atoms with E-state index in [1.165, 1.54) is 0 Å². The van der Waals surface area contributed by atoms with E-state index in [0.717, 1.165) is 44.9 Å². The highest BCUT2D eigenvalue weighted by molar-refractivity contribution is 6.30. The molecule has 30 heavy (non-hydrogen) atoms. The van der Waals surface area contributed by atoms with Crippen molar-refractivity contribution in [2.75, 3.05) is 51.7 Å². The van der Waals surface area contributed by atoms with Crippen LogP contribution >= 0.6 is 11.6 Å². The van der Waals surface area contributed by atoms with Crippen molar-refractivity contribution in [1.29, 1.82) is 0 Å². The fraction of sp³-hybridized carbons (Fsp3) is 0.476. The number of anilines is 2. The SMILES string of the molecule is CCc1nc(C(N)=O)c(Nc2cccc(OCCCN3CCN(C)CC3)c2)nc1Cl. The van der Waals surface area contributed by atoms with E-state index in [1.807, 2.05) is 31.2 Å². The van der Waals surface area contributed by atoms with Gasteiger partial charge in [-0.2, -0.15) is 0 Å². The van der Waals surface area contributed by atoms with Crippen molar-refractivity contribution in [2.45, 2.75) is 19.8 Å². The Kier molecular flexibility index (Phi) is 7.84. The molecular weight excluding hydrogens is 404 g/mol. The summed E-state index contributed by atoms with van der Waals surface area (Å²) >= 11 is 6.16. The second kappa shape index (κ2) is 10.6. The lowest BCUT2D eigenvalue weighted by molar-refractivity contribution is 0.0996. The van der Waals surface area contributed by atoms with Crippen molar-refractivity contribution in [1.82, 2.24) is 19.8 Å². The number of aromatic nitrogens is 2. The number of rotatable bonds is 9. The van der Waals surface area contributed by atoms with Crippen LogP contribution in [0.3, 0.4) is 0 Å². The molecule has 0 radical (unpaired) electrons. The average molecular weight is 433 g/mol. The summed E-state index contributed by atoms with van der Waals surface area (Å²) in [5.74, 6) is 0.313. The first-order chi connectivity index (χ1) is 14.5. The number of nitrogens with one attached hydrogen (secondary N) is 1. The summed E-state index contributed by atoms with van der Waals surface area (Å²) < 4.78 is 5.90. The summed E-state index contributed by atoms with van der Waals surface area (Å²) in [6.45, 7) is 8.02. The molecular formula is C21H29ClN6O2. The number of benzene rings is 1. The van der Waals surface area contributed by atoms with Gasteiger partial charge in [-0.25, -0.2) is 9.97 Å². The third-order valence-electron chi connectivity index (χ3n) is 5.07. The van der Waals surface area contributed by atoms with Crippen molar-refractivity contribution >= 4 is 29.0 Å². The van der Waals surface area contributed by atoms with Crippen LogP contribution < -0.4 is 15.8 Å². The van der Waals surface area contributed by atoms with Crippen LogP contribution in [0, 0.1) is 0 Å². The van der Waals surface area contributed by atoms with Gasteiger partial charge in [0.05, 0.1) is 12.3 Å². The van der Waals surface area contributed by atoms with Gasteiger partial charge in [0.25, 0.3) is 5.91 Å². The number of hydrogen-bond acceptors (Lipinski definition) is 7. The lowest BCUT2D eigenvalue weighted by Gasteiger charge is -2.32.